The highest BCUT2D eigenvalue weighted by Crippen LogP contribution is 2.18. The van der Waals surface area contributed by atoms with Crippen molar-refractivity contribution in [3.05, 3.63) is 21.9 Å². The van der Waals surface area contributed by atoms with Crippen LogP contribution in [0.15, 0.2) is 12.1 Å². The molecule has 0 aromatic carbocycles. The zero-order valence-electron chi connectivity index (χ0n) is 12.8. The first-order chi connectivity index (χ1) is 9.42. The van der Waals surface area contributed by atoms with Crippen molar-refractivity contribution in [3.8, 4) is 0 Å². The molecule has 0 aliphatic rings. The van der Waals surface area contributed by atoms with Crippen LogP contribution in [0, 0.1) is 5.92 Å². The quantitative estimate of drug-likeness (QED) is 0.432. The van der Waals surface area contributed by atoms with Gasteiger partial charge in [-0.1, -0.05) is 13.8 Å². The third-order valence-corrected chi connectivity index (χ3v) is 3.95. The molecule has 0 saturated carbocycles. The number of likely N-dealkylation sites (N-methyl/N-ethyl adjacent to an activating group) is 1. The van der Waals surface area contributed by atoms with Crippen molar-refractivity contribution in [1.82, 2.24) is 15.2 Å². The number of amides is 1. The Morgan fingerprint density at radius 2 is 2.05 bits per heavy atom. The number of carbonyl (C=O) groups excluding carboxylic acids is 1. The van der Waals surface area contributed by atoms with E-state index in [1.807, 2.05) is 12.1 Å². The van der Waals surface area contributed by atoms with E-state index in [0.717, 1.165) is 26.2 Å². The molecule has 0 saturated heterocycles. The lowest BCUT2D eigenvalue weighted by Gasteiger charge is -2.25. The van der Waals surface area contributed by atoms with Crippen molar-refractivity contribution in [2.45, 2.75) is 20.4 Å². The van der Waals surface area contributed by atoms with E-state index in [1.165, 1.54) is 16.2 Å². The highest BCUT2D eigenvalue weighted by Gasteiger charge is 2.12. The monoisotopic (exact) mass is 298 g/mol. The third kappa shape index (κ3) is 6.00. The van der Waals surface area contributed by atoms with Crippen molar-refractivity contribution < 1.29 is 4.79 Å². The lowest BCUT2D eigenvalue weighted by atomic mass is 10.2. The second kappa shape index (κ2) is 8.36. The molecule has 6 heteroatoms. The maximum Gasteiger partial charge on any atom is 0.275 e. The van der Waals surface area contributed by atoms with E-state index in [1.54, 1.807) is 0 Å². The van der Waals surface area contributed by atoms with Gasteiger partial charge in [-0.25, -0.2) is 5.84 Å². The number of nitrogens with one attached hydrogen (secondary N) is 1. The summed E-state index contributed by atoms with van der Waals surface area (Å²) in [6, 6.07) is 3.85. The number of rotatable bonds is 8. The molecule has 3 N–H and O–H groups in total. The lowest BCUT2D eigenvalue weighted by molar-refractivity contribution is 0.0957. The number of hydrogen-bond acceptors (Lipinski definition) is 5. The molecule has 0 bridgehead atoms. The molecule has 5 nitrogen and oxygen atoms in total. The molecule has 0 unspecified atom stereocenters. The number of carbonyl (C=O) groups is 1. The predicted molar refractivity (Wildman–Crippen MR) is 84.6 cm³/mol. The molecule has 1 amide bonds. The average Bonchev–Trinajstić information content (AvgIpc) is 2.82. The highest BCUT2D eigenvalue weighted by atomic mass is 32.1. The summed E-state index contributed by atoms with van der Waals surface area (Å²) in [5, 5.41) is 0. The Hall–Kier alpha value is -0.950. The van der Waals surface area contributed by atoms with Crippen LogP contribution in [0.2, 0.25) is 0 Å². The number of nitrogens with zero attached hydrogens (tertiary/aromatic N) is 2. The minimum atomic E-state index is -0.218. The fourth-order valence-electron chi connectivity index (χ4n) is 1.97. The molecule has 0 aliphatic carbocycles. The van der Waals surface area contributed by atoms with E-state index in [9.17, 15) is 4.79 Å². The van der Waals surface area contributed by atoms with Gasteiger partial charge in [0.25, 0.3) is 5.91 Å². The fraction of sp³-hybridized carbons (Fsp3) is 0.643. The van der Waals surface area contributed by atoms with Crippen LogP contribution in [-0.2, 0) is 6.54 Å². The molecule has 1 aromatic heterocycles. The molecular weight excluding hydrogens is 272 g/mol. The summed E-state index contributed by atoms with van der Waals surface area (Å²) >= 11 is 1.51. The van der Waals surface area contributed by atoms with E-state index in [-0.39, 0.29) is 5.91 Å². The van der Waals surface area contributed by atoms with Gasteiger partial charge < -0.3 is 4.90 Å². The van der Waals surface area contributed by atoms with E-state index in [4.69, 9.17) is 5.84 Å². The Bertz CT molecular complexity index is 417. The van der Waals surface area contributed by atoms with Crippen molar-refractivity contribution in [2.75, 3.05) is 33.7 Å². The highest BCUT2D eigenvalue weighted by molar-refractivity contribution is 7.14. The second-order valence-electron chi connectivity index (χ2n) is 5.67. The number of hydrazine groups is 1. The van der Waals surface area contributed by atoms with E-state index >= 15 is 0 Å². The van der Waals surface area contributed by atoms with Crippen LogP contribution in [-0.4, -0.2) is 49.4 Å². The minimum absolute atomic E-state index is 0.218. The minimum Gasteiger partial charge on any atom is -0.308 e. The molecule has 1 rings (SSSR count). The molecule has 1 aromatic rings. The molecule has 114 valence electrons. The molecule has 1 heterocycles. The summed E-state index contributed by atoms with van der Waals surface area (Å²) in [7, 11) is 4.17. The summed E-state index contributed by atoms with van der Waals surface area (Å²) in [6.07, 6.45) is 0. The zero-order chi connectivity index (χ0) is 15.1. The van der Waals surface area contributed by atoms with Gasteiger partial charge in [0.05, 0.1) is 4.88 Å². The molecular formula is C14H26N4OS. The van der Waals surface area contributed by atoms with Gasteiger partial charge in [-0.05, 0) is 32.1 Å². The molecule has 20 heavy (non-hydrogen) atoms. The van der Waals surface area contributed by atoms with Crippen LogP contribution >= 0.6 is 11.3 Å². The Morgan fingerprint density at radius 1 is 1.35 bits per heavy atom. The summed E-state index contributed by atoms with van der Waals surface area (Å²) in [4.78, 5) is 17.9. The van der Waals surface area contributed by atoms with E-state index in [2.05, 4.69) is 43.2 Å². The predicted octanol–water partition coefficient (Wildman–Crippen LogP) is 1.37. The Balaban J connectivity index is 2.63. The summed E-state index contributed by atoms with van der Waals surface area (Å²) in [5.41, 5.74) is 2.17. The Labute approximate surface area is 125 Å². The summed E-state index contributed by atoms with van der Waals surface area (Å²) in [6.45, 7) is 8.46. The van der Waals surface area contributed by atoms with Gasteiger partial charge >= 0.3 is 0 Å². The van der Waals surface area contributed by atoms with Crippen LogP contribution < -0.4 is 11.3 Å². The normalized spacial score (nSPS) is 11.6. The summed E-state index contributed by atoms with van der Waals surface area (Å²) < 4.78 is 0. The molecule has 0 radical (unpaired) electrons. The Kier molecular flexibility index (Phi) is 7.15. The second-order valence-corrected chi connectivity index (χ2v) is 6.84. The van der Waals surface area contributed by atoms with Crippen molar-refractivity contribution in [3.63, 3.8) is 0 Å². The van der Waals surface area contributed by atoms with E-state index < -0.39 is 0 Å². The molecule has 0 fully saturated rings. The van der Waals surface area contributed by atoms with E-state index in [0.29, 0.717) is 10.8 Å². The number of hydrogen-bond donors (Lipinski definition) is 2. The number of thiophene rings is 1. The first-order valence-corrected chi connectivity index (χ1v) is 7.70. The van der Waals surface area contributed by atoms with Crippen molar-refractivity contribution in [1.29, 1.82) is 0 Å². The topological polar surface area (TPSA) is 61.6 Å². The van der Waals surface area contributed by atoms with Gasteiger partial charge in [0.1, 0.15) is 0 Å². The van der Waals surface area contributed by atoms with Gasteiger partial charge in [-0.15, -0.1) is 11.3 Å². The first kappa shape index (κ1) is 17.1. The van der Waals surface area contributed by atoms with Gasteiger partial charge in [-0.3, -0.25) is 15.1 Å². The Morgan fingerprint density at radius 3 is 2.60 bits per heavy atom. The maximum atomic E-state index is 11.5. The molecule has 0 aliphatic heterocycles. The maximum absolute atomic E-state index is 11.5. The first-order valence-electron chi connectivity index (χ1n) is 6.89. The van der Waals surface area contributed by atoms with Gasteiger partial charge in [0.2, 0.25) is 0 Å². The average molecular weight is 298 g/mol. The molecule has 0 spiro atoms. The van der Waals surface area contributed by atoms with Gasteiger partial charge in [0.15, 0.2) is 0 Å². The number of nitrogen functional groups attached to an aromatic ring is 1. The van der Waals surface area contributed by atoms with Gasteiger partial charge in [0, 0.05) is 31.1 Å². The zero-order valence-corrected chi connectivity index (χ0v) is 13.7. The van der Waals surface area contributed by atoms with Crippen LogP contribution in [0.3, 0.4) is 0 Å². The van der Waals surface area contributed by atoms with Crippen LogP contribution in [0.5, 0.6) is 0 Å². The summed E-state index contributed by atoms with van der Waals surface area (Å²) in [5.74, 6) is 5.56. The third-order valence-electron chi connectivity index (χ3n) is 2.88. The van der Waals surface area contributed by atoms with Crippen LogP contribution in [0.4, 0.5) is 0 Å². The fourth-order valence-corrected chi connectivity index (χ4v) is 2.92. The van der Waals surface area contributed by atoms with Gasteiger partial charge in [-0.2, -0.15) is 0 Å². The SMILES string of the molecule is CC(C)CN(CCN(C)C)Cc1ccc(C(=O)NN)s1. The van der Waals surface area contributed by atoms with Crippen LogP contribution in [0.1, 0.15) is 28.4 Å². The standard InChI is InChI=1S/C14H26N4OS/c1-11(2)9-18(8-7-17(3)4)10-12-5-6-13(20-12)14(19)16-15/h5-6,11H,7-10,15H2,1-4H3,(H,16,19). The van der Waals surface area contributed by atoms with Crippen molar-refractivity contribution in [2.24, 2.45) is 11.8 Å². The lowest BCUT2D eigenvalue weighted by Crippen LogP contribution is -2.33. The molecule has 0 atom stereocenters. The van der Waals surface area contributed by atoms with Crippen molar-refractivity contribution >= 4 is 17.2 Å². The largest absolute Gasteiger partial charge is 0.308 e. The van der Waals surface area contributed by atoms with Crippen LogP contribution in [0.25, 0.3) is 0 Å². The number of nitrogens with two attached hydrogens (primary N) is 1. The smallest absolute Gasteiger partial charge is 0.275 e.